The molecule has 2 fully saturated rings. The van der Waals surface area contributed by atoms with Crippen LogP contribution in [0.2, 0.25) is 5.02 Å². The Morgan fingerprint density at radius 3 is 2.50 bits per heavy atom. The van der Waals surface area contributed by atoms with Crippen LogP contribution in [0.4, 0.5) is 5.95 Å². The highest BCUT2D eigenvalue weighted by Crippen LogP contribution is 2.47. The van der Waals surface area contributed by atoms with Crippen molar-refractivity contribution in [2.45, 2.75) is 56.5 Å². The van der Waals surface area contributed by atoms with Gasteiger partial charge in [-0.25, -0.2) is 9.97 Å². The molecule has 36 heavy (non-hydrogen) atoms. The lowest BCUT2D eigenvalue weighted by atomic mass is 9.74. The van der Waals surface area contributed by atoms with E-state index in [1.165, 1.54) is 0 Å². The van der Waals surface area contributed by atoms with Crippen LogP contribution in [-0.2, 0) is 12.0 Å². The molecule has 0 aliphatic heterocycles. The van der Waals surface area contributed by atoms with E-state index in [2.05, 4.69) is 52.0 Å². The zero-order chi connectivity index (χ0) is 24.5. The number of nitrogens with zero attached hydrogens (tertiary/aromatic N) is 2. The minimum Gasteiger partial charge on any atom is -0.351 e. The van der Waals surface area contributed by atoms with Gasteiger partial charge in [-0.05, 0) is 59.7 Å². The Morgan fingerprint density at radius 1 is 0.972 bits per heavy atom. The first-order valence-corrected chi connectivity index (χ1v) is 13.2. The quantitative estimate of drug-likeness (QED) is 0.300. The number of aromatic nitrogens is 2. The van der Waals surface area contributed by atoms with Gasteiger partial charge in [-0.15, -0.1) is 0 Å². The van der Waals surface area contributed by atoms with Crippen molar-refractivity contribution in [2.24, 2.45) is 0 Å². The fraction of sp³-hybridized carbons (Fsp3) is 0.300. The molecule has 2 N–H and O–H groups in total. The second kappa shape index (κ2) is 9.55. The molecule has 2 aliphatic carbocycles. The first-order valence-electron chi connectivity index (χ1n) is 12.8. The molecule has 0 radical (unpaired) electrons. The van der Waals surface area contributed by atoms with Gasteiger partial charge in [0.25, 0.3) is 5.91 Å². The maximum atomic E-state index is 13.7. The second-order valence-electron chi connectivity index (χ2n) is 9.99. The molecule has 1 heterocycles. The summed E-state index contributed by atoms with van der Waals surface area (Å²) >= 11 is 6.22. The highest BCUT2D eigenvalue weighted by molar-refractivity contribution is 6.30. The van der Waals surface area contributed by atoms with Crippen molar-refractivity contribution in [3.63, 3.8) is 0 Å². The van der Waals surface area contributed by atoms with E-state index in [1.807, 2.05) is 30.3 Å². The molecular weight excluding hydrogens is 468 g/mol. The summed E-state index contributed by atoms with van der Waals surface area (Å²) in [5.74, 6) is 0.467. The summed E-state index contributed by atoms with van der Waals surface area (Å²) in [7, 11) is 0. The van der Waals surface area contributed by atoms with Crippen LogP contribution in [0.15, 0.2) is 72.9 Å². The normalized spacial score (nSPS) is 16.7. The predicted molar refractivity (Wildman–Crippen MR) is 144 cm³/mol. The summed E-state index contributed by atoms with van der Waals surface area (Å²) in [4.78, 5) is 23.2. The summed E-state index contributed by atoms with van der Waals surface area (Å²) in [5, 5.41) is 9.61. The average Bonchev–Trinajstić information content (AvgIpc) is 3.59. The first-order chi connectivity index (χ1) is 17.6. The van der Waals surface area contributed by atoms with Crippen molar-refractivity contribution in [2.75, 3.05) is 5.32 Å². The summed E-state index contributed by atoms with van der Waals surface area (Å²) in [6.45, 7) is 0.440. The smallest absolute Gasteiger partial charge is 0.255 e. The van der Waals surface area contributed by atoms with Gasteiger partial charge in [0.1, 0.15) is 0 Å². The van der Waals surface area contributed by atoms with Gasteiger partial charge in [-0.1, -0.05) is 79.0 Å². The Balaban J connectivity index is 1.37. The molecule has 0 unspecified atom stereocenters. The Morgan fingerprint density at radius 2 is 1.72 bits per heavy atom. The van der Waals surface area contributed by atoms with Crippen molar-refractivity contribution in [1.82, 2.24) is 15.3 Å². The minimum absolute atomic E-state index is 0.142. The number of benzene rings is 3. The highest BCUT2D eigenvalue weighted by Gasteiger charge is 2.42. The lowest BCUT2D eigenvalue weighted by Crippen LogP contribution is -2.32. The molecule has 6 heteroatoms. The third-order valence-corrected chi connectivity index (χ3v) is 7.82. The van der Waals surface area contributed by atoms with E-state index in [1.54, 1.807) is 6.20 Å². The lowest BCUT2D eigenvalue weighted by molar-refractivity contribution is 0.0948. The van der Waals surface area contributed by atoms with Crippen LogP contribution >= 0.6 is 11.6 Å². The monoisotopic (exact) mass is 496 g/mol. The summed E-state index contributed by atoms with van der Waals surface area (Å²) in [6.07, 6.45) is 8.05. The highest BCUT2D eigenvalue weighted by atomic mass is 35.5. The Hall–Kier alpha value is -3.44. The van der Waals surface area contributed by atoms with E-state index in [0.717, 1.165) is 66.1 Å². The SMILES string of the molecule is O=C(NCc1cccc2ccccc12)c1cnc(NC2CC2)nc1C1(c2ccc(Cl)cc2)CCCC1. The van der Waals surface area contributed by atoms with Crippen LogP contribution in [0.5, 0.6) is 0 Å². The molecule has 2 aliphatic rings. The third-order valence-electron chi connectivity index (χ3n) is 7.57. The Bertz CT molecular complexity index is 1400. The van der Waals surface area contributed by atoms with Crippen LogP contribution in [0.3, 0.4) is 0 Å². The van der Waals surface area contributed by atoms with Crippen molar-refractivity contribution in [3.05, 3.63) is 100 Å². The molecule has 5 nitrogen and oxygen atoms in total. The molecule has 0 atom stereocenters. The number of hydrogen-bond donors (Lipinski definition) is 2. The van der Waals surface area contributed by atoms with Gasteiger partial charge in [-0.3, -0.25) is 4.79 Å². The number of hydrogen-bond acceptors (Lipinski definition) is 4. The van der Waals surface area contributed by atoms with Crippen LogP contribution < -0.4 is 10.6 Å². The van der Waals surface area contributed by atoms with Crippen molar-refractivity contribution in [1.29, 1.82) is 0 Å². The second-order valence-corrected chi connectivity index (χ2v) is 10.4. The average molecular weight is 497 g/mol. The van der Waals surface area contributed by atoms with E-state index in [4.69, 9.17) is 16.6 Å². The molecule has 2 saturated carbocycles. The van der Waals surface area contributed by atoms with Gasteiger partial charge < -0.3 is 10.6 Å². The molecule has 1 amide bonds. The minimum atomic E-state index is -0.334. The number of rotatable bonds is 7. The molecule has 0 saturated heterocycles. The maximum absolute atomic E-state index is 13.7. The topological polar surface area (TPSA) is 66.9 Å². The van der Waals surface area contributed by atoms with Gasteiger partial charge in [0.2, 0.25) is 5.95 Å². The zero-order valence-corrected chi connectivity index (χ0v) is 20.9. The number of fused-ring (bicyclic) bond motifs is 1. The van der Waals surface area contributed by atoms with Gasteiger partial charge in [-0.2, -0.15) is 0 Å². The number of anilines is 1. The van der Waals surface area contributed by atoms with E-state index >= 15 is 0 Å². The number of carbonyl (C=O) groups is 1. The Labute approximate surface area is 216 Å². The molecule has 0 bridgehead atoms. The van der Waals surface area contributed by atoms with E-state index < -0.39 is 0 Å². The zero-order valence-electron chi connectivity index (χ0n) is 20.1. The van der Waals surface area contributed by atoms with Gasteiger partial charge in [0.05, 0.1) is 11.3 Å². The Kier molecular flexibility index (Phi) is 6.10. The molecule has 1 aromatic heterocycles. The van der Waals surface area contributed by atoms with Crippen LogP contribution in [-0.4, -0.2) is 21.9 Å². The number of nitrogens with one attached hydrogen (secondary N) is 2. The molecule has 0 spiro atoms. The lowest BCUT2D eigenvalue weighted by Gasteiger charge is -2.31. The molecule has 6 rings (SSSR count). The predicted octanol–water partition coefficient (Wildman–Crippen LogP) is 6.65. The van der Waals surface area contributed by atoms with Crippen LogP contribution in [0.25, 0.3) is 10.8 Å². The van der Waals surface area contributed by atoms with Crippen LogP contribution in [0, 0.1) is 0 Å². The van der Waals surface area contributed by atoms with Gasteiger partial charge >= 0.3 is 0 Å². The van der Waals surface area contributed by atoms with Crippen molar-refractivity contribution < 1.29 is 4.79 Å². The maximum Gasteiger partial charge on any atom is 0.255 e. The number of carbonyl (C=O) groups excluding carboxylic acids is 1. The fourth-order valence-corrected chi connectivity index (χ4v) is 5.65. The first kappa shape index (κ1) is 23.0. The summed E-state index contributed by atoms with van der Waals surface area (Å²) in [6, 6.07) is 22.9. The molecule has 4 aromatic rings. The van der Waals surface area contributed by atoms with E-state index in [9.17, 15) is 4.79 Å². The third kappa shape index (κ3) is 4.44. The molecular formula is C30H29ClN4O. The number of amides is 1. The van der Waals surface area contributed by atoms with Crippen molar-refractivity contribution in [3.8, 4) is 0 Å². The summed E-state index contributed by atoms with van der Waals surface area (Å²) < 4.78 is 0. The van der Waals surface area contributed by atoms with Gasteiger partial charge in [0.15, 0.2) is 0 Å². The fourth-order valence-electron chi connectivity index (χ4n) is 5.52. The standard InChI is InChI=1S/C30H29ClN4O/c31-23-12-10-22(11-13-23)30(16-3-4-17-30)27-26(19-33-29(35-27)34-24-14-15-24)28(36)32-18-21-8-5-7-20-6-1-2-9-25(20)21/h1-2,5-13,19,24H,3-4,14-18H2,(H,32,36)(H,33,34,35). The van der Waals surface area contributed by atoms with Gasteiger partial charge in [0, 0.05) is 29.2 Å². The van der Waals surface area contributed by atoms with Crippen LogP contribution in [0.1, 0.15) is 65.7 Å². The van der Waals surface area contributed by atoms with Crippen molar-refractivity contribution >= 4 is 34.2 Å². The molecule has 182 valence electrons. The molecule has 3 aromatic carbocycles. The van der Waals surface area contributed by atoms with E-state index in [-0.39, 0.29) is 11.3 Å². The largest absolute Gasteiger partial charge is 0.351 e. The summed E-state index contributed by atoms with van der Waals surface area (Å²) in [5.41, 5.74) is 3.27. The van der Waals surface area contributed by atoms with E-state index in [0.29, 0.717) is 29.1 Å². The number of halogens is 1.